The van der Waals surface area contributed by atoms with Crippen LogP contribution in [0.4, 0.5) is 0 Å². The van der Waals surface area contributed by atoms with Crippen LogP contribution in [-0.2, 0) is 9.76 Å². The molecule has 11 heavy (non-hydrogen) atoms. The summed E-state index contributed by atoms with van der Waals surface area (Å²) in [5.74, 6) is 0. The fourth-order valence-corrected chi connectivity index (χ4v) is 2.22. The summed E-state index contributed by atoms with van der Waals surface area (Å²) in [4.78, 5) is 0. The van der Waals surface area contributed by atoms with Gasteiger partial charge in [0, 0.05) is 14.2 Å². The first-order valence-electron chi connectivity index (χ1n) is 3.16. The second kappa shape index (κ2) is 4.82. The molecule has 3 heteroatoms. The maximum absolute atomic E-state index is 3.47. The molecule has 1 aromatic rings. The predicted octanol–water partition coefficient (Wildman–Crippen LogP) is 4.28. The minimum Gasteiger partial charge on any atom is -0.0876 e. The van der Waals surface area contributed by atoms with Gasteiger partial charge >= 0.3 is 0 Å². The highest BCUT2D eigenvalue weighted by atomic mass is 127. The molecule has 0 aliphatic heterocycles. The van der Waals surface area contributed by atoms with Gasteiger partial charge in [-0.1, -0.05) is 60.5 Å². The average molecular weight is 390 g/mol. The van der Waals surface area contributed by atoms with Crippen molar-refractivity contribution in [2.45, 2.75) is 9.76 Å². The van der Waals surface area contributed by atoms with Gasteiger partial charge in [-0.3, -0.25) is 0 Å². The summed E-state index contributed by atoms with van der Waals surface area (Å²) in [6, 6.07) is 6.50. The summed E-state index contributed by atoms with van der Waals surface area (Å²) in [6.45, 7) is 0. The molecule has 1 rings (SSSR count). The van der Waals surface area contributed by atoms with Crippen molar-refractivity contribution in [2.24, 2.45) is 0 Å². The second-order valence-electron chi connectivity index (χ2n) is 2.23. The zero-order valence-corrected chi connectivity index (χ0v) is 11.1. The highest BCUT2D eigenvalue weighted by molar-refractivity contribution is 14.1. The molecular formula is C8H7Br2I. The van der Waals surface area contributed by atoms with E-state index in [4.69, 9.17) is 0 Å². The van der Waals surface area contributed by atoms with E-state index in [0.29, 0.717) is 0 Å². The quantitative estimate of drug-likeness (QED) is 0.523. The monoisotopic (exact) mass is 388 g/mol. The lowest BCUT2D eigenvalue weighted by atomic mass is 10.2. The van der Waals surface area contributed by atoms with Crippen LogP contribution in [0.3, 0.4) is 0 Å². The smallest absolute Gasteiger partial charge is 0.0283 e. The lowest BCUT2D eigenvalue weighted by Gasteiger charge is -2.00. The third-order valence-electron chi connectivity index (χ3n) is 1.33. The predicted molar refractivity (Wildman–Crippen MR) is 64.5 cm³/mol. The Morgan fingerprint density at radius 2 is 1.82 bits per heavy atom. The zero-order chi connectivity index (χ0) is 8.27. The van der Waals surface area contributed by atoms with Crippen molar-refractivity contribution in [1.82, 2.24) is 0 Å². The summed E-state index contributed by atoms with van der Waals surface area (Å²) in [5.41, 5.74) is 2.69. The first-order valence-corrected chi connectivity index (χ1v) is 6.60. The van der Waals surface area contributed by atoms with Gasteiger partial charge in [-0.05, 0) is 23.3 Å². The van der Waals surface area contributed by atoms with Crippen molar-refractivity contribution in [3.63, 3.8) is 0 Å². The maximum Gasteiger partial charge on any atom is 0.0283 e. The first-order chi connectivity index (χ1) is 5.26. The third-order valence-corrected chi connectivity index (χ3v) is 3.31. The average Bonchev–Trinajstić information content (AvgIpc) is 2.03. The third kappa shape index (κ3) is 3.03. The fourth-order valence-electron chi connectivity index (χ4n) is 0.872. The van der Waals surface area contributed by atoms with Crippen LogP contribution in [0.2, 0.25) is 0 Å². The Balaban J connectivity index is 3.02. The van der Waals surface area contributed by atoms with Crippen LogP contribution in [0.5, 0.6) is 0 Å². The molecule has 0 aromatic heterocycles. The molecule has 0 unspecified atom stereocenters. The Kier molecular flexibility index (Phi) is 4.38. The lowest BCUT2D eigenvalue weighted by Crippen LogP contribution is -1.82. The second-order valence-corrected chi connectivity index (χ2v) is 4.47. The van der Waals surface area contributed by atoms with Gasteiger partial charge in [0.1, 0.15) is 0 Å². The summed E-state index contributed by atoms with van der Waals surface area (Å²) < 4.78 is 2.23. The normalized spacial score (nSPS) is 10.1. The van der Waals surface area contributed by atoms with E-state index in [1.807, 2.05) is 0 Å². The number of alkyl halides is 2. The van der Waals surface area contributed by atoms with Crippen LogP contribution in [0.25, 0.3) is 0 Å². The van der Waals surface area contributed by atoms with Gasteiger partial charge in [0.2, 0.25) is 0 Å². The molecule has 0 saturated carbocycles. The van der Waals surface area contributed by atoms with Gasteiger partial charge in [0.25, 0.3) is 0 Å². The van der Waals surface area contributed by atoms with Crippen molar-refractivity contribution in [3.05, 3.63) is 33.8 Å². The van der Waals surface area contributed by atoms with Crippen LogP contribution in [0.15, 0.2) is 22.7 Å². The molecule has 0 nitrogen and oxygen atoms in total. The Bertz CT molecular complexity index is 226. The van der Waals surface area contributed by atoms with Gasteiger partial charge in [-0.2, -0.15) is 0 Å². The topological polar surface area (TPSA) is 0 Å². The summed E-state index contributed by atoms with van der Waals surface area (Å²) in [6.07, 6.45) is 0. The molecule has 0 aliphatic carbocycles. The van der Waals surface area contributed by atoms with Gasteiger partial charge in [-0.25, -0.2) is 0 Å². The molecule has 0 N–H and O–H groups in total. The van der Waals surface area contributed by atoms with Crippen molar-refractivity contribution in [1.29, 1.82) is 0 Å². The van der Waals surface area contributed by atoms with Gasteiger partial charge < -0.3 is 0 Å². The largest absolute Gasteiger partial charge is 0.0876 e. The zero-order valence-electron chi connectivity index (χ0n) is 5.78. The number of hydrogen-bond acceptors (Lipinski definition) is 0. The maximum atomic E-state index is 3.47. The van der Waals surface area contributed by atoms with Crippen molar-refractivity contribution >= 4 is 54.5 Å². The number of halogens is 3. The minimum atomic E-state index is 0.927. The highest BCUT2D eigenvalue weighted by Crippen LogP contribution is 2.19. The van der Waals surface area contributed by atoms with Gasteiger partial charge in [-0.15, -0.1) is 0 Å². The molecule has 0 saturated heterocycles. The van der Waals surface area contributed by atoms with Crippen LogP contribution in [0, 0.1) is 0 Å². The first kappa shape index (κ1) is 9.99. The number of hydrogen-bond donors (Lipinski definition) is 0. The van der Waals surface area contributed by atoms with E-state index in [0.717, 1.165) is 9.76 Å². The summed E-state index contributed by atoms with van der Waals surface area (Å²) in [7, 11) is 0. The minimum absolute atomic E-state index is 0.927. The lowest BCUT2D eigenvalue weighted by molar-refractivity contribution is 1.34. The van der Waals surface area contributed by atoms with Crippen molar-refractivity contribution in [3.8, 4) is 0 Å². The molecule has 0 radical (unpaired) electrons. The van der Waals surface area contributed by atoms with E-state index in [1.165, 1.54) is 15.6 Å². The standard InChI is InChI=1S/C8H7Br2I/c9-4-6-1-7(5-11)3-8(10)2-6/h1-3H,4-5H2. The Morgan fingerprint density at radius 3 is 2.36 bits per heavy atom. The molecule has 0 fully saturated rings. The van der Waals surface area contributed by atoms with E-state index in [2.05, 4.69) is 72.6 Å². The number of rotatable bonds is 2. The van der Waals surface area contributed by atoms with Crippen LogP contribution in [-0.4, -0.2) is 0 Å². The van der Waals surface area contributed by atoms with Crippen molar-refractivity contribution < 1.29 is 0 Å². The Morgan fingerprint density at radius 1 is 1.18 bits per heavy atom. The molecule has 60 valence electrons. The van der Waals surface area contributed by atoms with E-state index in [1.54, 1.807) is 0 Å². The van der Waals surface area contributed by atoms with Crippen LogP contribution >= 0.6 is 54.5 Å². The van der Waals surface area contributed by atoms with E-state index in [-0.39, 0.29) is 0 Å². The molecular weight excluding hydrogens is 383 g/mol. The Hall–Kier alpha value is 0.910. The van der Waals surface area contributed by atoms with E-state index < -0.39 is 0 Å². The molecule has 0 bridgehead atoms. The van der Waals surface area contributed by atoms with E-state index in [9.17, 15) is 0 Å². The molecule has 1 aromatic carbocycles. The van der Waals surface area contributed by atoms with Crippen molar-refractivity contribution in [2.75, 3.05) is 0 Å². The van der Waals surface area contributed by atoms with Gasteiger partial charge in [0.05, 0.1) is 0 Å². The van der Waals surface area contributed by atoms with E-state index >= 15 is 0 Å². The molecule has 0 amide bonds. The molecule has 0 aliphatic rings. The van der Waals surface area contributed by atoms with Crippen LogP contribution < -0.4 is 0 Å². The fraction of sp³-hybridized carbons (Fsp3) is 0.250. The molecule has 0 spiro atoms. The summed E-state index contributed by atoms with van der Waals surface area (Å²) in [5, 5.41) is 0.927. The highest BCUT2D eigenvalue weighted by Gasteiger charge is 1.96. The summed E-state index contributed by atoms with van der Waals surface area (Å²) >= 11 is 9.27. The number of benzene rings is 1. The van der Waals surface area contributed by atoms with Gasteiger partial charge in [0.15, 0.2) is 0 Å². The molecule has 0 heterocycles. The SMILES string of the molecule is BrCc1cc(Br)cc(CI)c1. The Labute approximate surface area is 97.2 Å². The van der Waals surface area contributed by atoms with Crippen LogP contribution in [0.1, 0.15) is 11.1 Å². The molecule has 0 atom stereocenters.